The molecule has 1 atom stereocenters. The van der Waals surface area contributed by atoms with Crippen molar-refractivity contribution in [1.29, 1.82) is 0 Å². The molecule has 2 rings (SSSR count). The van der Waals surface area contributed by atoms with E-state index in [2.05, 4.69) is 22.1 Å². The Morgan fingerprint density at radius 2 is 2.47 bits per heavy atom. The summed E-state index contributed by atoms with van der Waals surface area (Å²) < 4.78 is 5.70. The lowest BCUT2D eigenvalue weighted by molar-refractivity contribution is -0.0192. The number of nitrogens with two attached hydrogens (primary N) is 1. The number of pyridine rings is 1. The van der Waals surface area contributed by atoms with Gasteiger partial charge in [0, 0.05) is 19.6 Å². The van der Waals surface area contributed by atoms with E-state index < -0.39 is 0 Å². The number of anilines is 2. The summed E-state index contributed by atoms with van der Waals surface area (Å²) in [7, 11) is 0. The predicted molar refractivity (Wildman–Crippen MR) is 69.0 cm³/mol. The maximum absolute atomic E-state index is 5.70. The number of ether oxygens (including phenoxy) is 1. The van der Waals surface area contributed by atoms with Crippen molar-refractivity contribution in [2.45, 2.75) is 13.0 Å². The summed E-state index contributed by atoms with van der Waals surface area (Å²) in [5.74, 6) is 1.34. The molecular formula is C12H20N4O. The van der Waals surface area contributed by atoms with Gasteiger partial charge in [0.05, 0.1) is 12.7 Å². The van der Waals surface area contributed by atoms with Crippen LogP contribution in [0.25, 0.3) is 0 Å². The van der Waals surface area contributed by atoms with Gasteiger partial charge in [0.25, 0.3) is 0 Å². The molecule has 1 aliphatic rings. The molecule has 1 unspecified atom stereocenters. The van der Waals surface area contributed by atoms with Crippen LogP contribution in [0.1, 0.15) is 6.92 Å². The lowest BCUT2D eigenvalue weighted by Crippen LogP contribution is -2.45. The standard InChI is InChI=1S/C12H20N4O/c1-2-16-6-7-17-10(9-16)8-14-12-5-3-4-11(13)15-12/h3-5,10H,2,6-9H2,1H3,(H3,13,14,15). The fraction of sp³-hybridized carbons (Fsp3) is 0.583. The Hall–Kier alpha value is -1.33. The Bertz CT molecular complexity index is 358. The molecule has 0 bridgehead atoms. The third-order valence-corrected chi connectivity index (χ3v) is 2.95. The number of nitrogen functional groups attached to an aromatic ring is 1. The van der Waals surface area contributed by atoms with Gasteiger partial charge in [0.15, 0.2) is 0 Å². The number of hydrogen-bond donors (Lipinski definition) is 2. The van der Waals surface area contributed by atoms with Crippen LogP contribution in [0.3, 0.4) is 0 Å². The van der Waals surface area contributed by atoms with E-state index in [4.69, 9.17) is 10.5 Å². The van der Waals surface area contributed by atoms with E-state index in [0.717, 1.165) is 38.6 Å². The van der Waals surface area contributed by atoms with Crippen LogP contribution in [0.15, 0.2) is 18.2 Å². The molecule has 0 spiro atoms. The van der Waals surface area contributed by atoms with E-state index in [1.165, 1.54) is 0 Å². The van der Waals surface area contributed by atoms with Gasteiger partial charge in [0.1, 0.15) is 11.6 Å². The van der Waals surface area contributed by atoms with Crippen molar-refractivity contribution in [3.8, 4) is 0 Å². The third kappa shape index (κ3) is 3.57. The van der Waals surface area contributed by atoms with E-state index in [0.29, 0.717) is 5.82 Å². The first-order valence-electron chi connectivity index (χ1n) is 6.08. The number of nitrogens with one attached hydrogen (secondary N) is 1. The summed E-state index contributed by atoms with van der Waals surface area (Å²) in [6.07, 6.45) is 0.229. The largest absolute Gasteiger partial charge is 0.384 e. The van der Waals surface area contributed by atoms with Gasteiger partial charge in [-0.25, -0.2) is 4.98 Å². The third-order valence-electron chi connectivity index (χ3n) is 2.95. The van der Waals surface area contributed by atoms with Crippen molar-refractivity contribution in [2.24, 2.45) is 0 Å². The minimum Gasteiger partial charge on any atom is -0.384 e. The molecule has 1 aromatic rings. The molecule has 0 saturated carbocycles. The molecule has 1 saturated heterocycles. The van der Waals surface area contributed by atoms with E-state index in [1.54, 1.807) is 6.07 Å². The lowest BCUT2D eigenvalue weighted by atomic mass is 10.2. The van der Waals surface area contributed by atoms with Gasteiger partial charge < -0.3 is 15.8 Å². The normalized spacial score (nSPS) is 21.4. The van der Waals surface area contributed by atoms with Crippen LogP contribution in [0.5, 0.6) is 0 Å². The molecular weight excluding hydrogens is 216 g/mol. The number of rotatable bonds is 4. The molecule has 0 radical (unpaired) electrons. The molecule has 5 nitrogen and oxygen atoms in total. The highest BCUT2D eigenvalue weighted by atomic mass is 16.5. The second kappa shape index (κ2) is 5.84. The van der Waals surface area contributed by atoms with Crippen LogP contribution in [-0.2, 0) is 4.74 Å². The van der Waals surface area contributed by atoms with Gasteiger partial charge in [-0.1, -0.05) is 13.0 Å². The van der Waals surface area contributed by atoms with Gasteiger partial charge in [-0.15, -0.1) is 0 Å². The zero-order valence-electron chi connectivity index (χ0n) is 10.2. The molecule has 0 aliphatic carbocycles. The zero-order valence-corrected chi connectivity index (χ0v) is 10.2. The van der Waals surface area contributed by atoms with Crippen LogP contribution in [0.4, 0.5) is 11.6 Å². The molecule has 1 fully saturated rings. The molecule has 5 heteroatoms. The first kappa shape index (κ1) is 12.1. The van der Waals surface area contributed by atoms with Crippen LogP contribution in [-0.4, -0.2) is 48.8 Å². The number of morpholine rings is 1. The van der Waals surface area contributed by atoms with Gasteiger partial charge in [-0.2, -0.15) is 0 Å². The molecule has 1 aliphatic heterocycles. The zero-order chi connectivity index (χ0) is 12.1. The Morgan fingerprint density at radius 1 is 1.59 bits per heavy atom. The predicted octanol–water partition coefficient (Wildman–Crippen LogP) is 0.796. The summed E-state index contributed by atoms with van der Waals surface area (Å²) in [5.41, 5.74) is 5.62. The van der Waals surface area contributed by atoms with Crippen molar-refractivity contribution < 1.29 is 4.74 Å². The first-order valence-corrected chi connectivity index (χ1v) is 6.08. The molecule has 0 amide bonds. The Morgan fingerprint density at radius 3 is 3.24 bits per heavy atom. The number of nitrogens with zero attached hydrogens (tertiary/aromatic N) is 2. The van der Waals surface area contributed by atoms with Crippen LogP contribution in [0, 0.1) is 0 Å². The minimum atomic E-state index is 0.229. The summed E-state index contributed by atoms with van der Waals surface area (Å²) in [4.78, 5) is 6.59. The Balaban J connectivity index is 1.81. The van der Waals surface area contributed by atoms with Crippen molar-refractivity contribution in [1.82, 2.24) is 9.88 Å². The SMILES string of the molecule is CCN1CCOC(CNc2cccc(N)n2)C1. The number of likely N-dealkylation sites (N-methyl/N-ethyl adjacent to an activating group) is 1. The monoisotopic (exact) mass is 236 g/mol. The summed E-state index contributed by atoms with van der Waals surface area (Å²) in [6.45, 7) is 6.85. The summed E-state index contributed by atoms with van der Waals surface area (Å²) in [5, 5.41) is 3.26. The minimum absolute atomic E-state index is 0.229. The smallest absolute Gasteiger partial charge is 0.128 e. The van der Waals surface area contributed by atoms with E-state index in [-0.39, 0.29) is 6.10 Å². The van der Waals surface area contributed by atoms with E-state index in [1.807, 2.05) is 12.1 Å². The van der Waals surface area contributed by atoms with Gasteiger partial charge in [-0.3, -0.25) is 4.90 Å². The highest BCUT2D eigenvalue weighted by Crippen LogP contribution is 2.08. The van der Waals surface area contributed by atoms with Crippen molar-refractivity contribution in [3.05, 3.63) is 18.2 Å². The van der Waals surface area contributed by atoms with E-state index >= 15 is 0 Å². The van der Waals surface area contributed by atoms with Gasteiger partial charge in [0.2, 0.25) is 0 Å². The summed E-state index contributed by atoms with van der Waals surface area (Å²) >= 11 is 0. The van der Waals surface area contributed by atoms with Crippen LogP contribution in [0.2, 0.25) is 0 Å². The topological polar surface area (TPSA) is 63.4 Å². The molecule has 3 N–H and O–H groups in total. The summed E-state index contributed by atoms with van der Waals surface area (Å²) in [6, 6.07) is 5.59. The van der Waals surface area contributed by atoms with Gasteiger partial charge in [-0.05, 0) is 18.7 Å². The van der Waals surface area contributed by atoms with Crippen molar-refractivity contribution in [3.63, 3.8) is 0 Å². The van der Waals surface area contributed by atoms with Crippen molar-refractivity contribution in [2.75, 3.05) is 43.8 Å². The average Bonchev–Trinajstić information content (AvgIpc) is 2.37. The molecule has 1 aromatic heterocycles. The Kier molecular flexibility index (Phi) is 4.17. The second-order valence-electron chi connectivity index (χ2n) is 4.21. The van der Waals surface area contributed by atoms with Crippen LogP contribution < -0.4 is 11.1 Å². The van der Waals surface area contributed by atoms with Crippen LogP contribution >= 0.6 is 0 Å². The van der Waals surface area contributed by atoms with Crippen molar-refractivity contribution >= 4 is 11.6 Å². The number of aromatic nitrogens is 1. The Labute approximate surface area is 102 Å². The van der Waals surface area contributed by atoms with E-state index in [9.17, 15) is 0 Å². The maximum atomic E-state index is 5.70. The van der Waals surface area contributed by atoms with Gasteiger partial charge >= 0.3 is 0 Å². The quantitative estimate of drug-likeness (QED) is 0.809. The lowest BCUT2D eigenvalue weighted by Gasteiger charge is -2.32. The molecule has 2 heterocycles. The highest BCUT2D eigenvalue weighted by Gasteiger charge is 2.18. The number of hydrogen-bond acceptors (Lipinski definition) is 5. The molecule has 17 heavy (non-hydrogen) atoms. The fourth-order valence-electron chi connectivity index (χ4n) is 1.96. The first-order chi connectivity index (χ1) is 8.28. The average molecular weight is 236 g/mol. The molecule has 0 aromatic carbocycles. The fourth-order valence-corrected chi connectivity index (χ4v) is 1.96. The highest BCUT2D eigenvalue weighted by molar-refractivity contribution is 5.42. The maximum Gasteiger partial charge on any atom is 0.128 e. The molecule has 94 valence electrons. The second-order valence-corrected chi connectivity index (χ2v) is 4.21.